The van der Waals surface area contributed by atoms with E-state index in [9.17, 15) is 4.79 Å². The number of esters is 1. The lowest BCUT2D eigenvalue weighted by Gasteiger charge is -1.98. The van der Waals surface area contributed by atoms with Gasteiger partial charge in [0.15, 0.2) is 0 Å². The normalized spacial score (nSPS) is 31.3. The first-order chi connectivity index (χ1) is 5.27. The molecule has 2 atom stereocenters. The molecule has 0 aromatic carbocycles. The third kappa shape index (κ3) is 2.17. The van der Waals surface area contributed by atoms with Gasteiger partial charge in [-0.25, -0.2) is 0 Å². The summed E-state index contributed by atoms with van der Waals surface area (Å²) < 4.78 is 4.98. The molecule has 11 heavy (non-hydrogen) atoms. The fraction of sp³-hybridized carbons (Fsp3) is 0.571. The molecule has 2 unspecified atom stereocenters. The van der Waals surface area contributed by atoms with Gasteiger partial charge in [-0.1, -0.05) is 0 Å². The van der Waals surface area contributed by atoms with Crippen LogP contribution in [0.5, 0.6) is 0 Å². The predicted octanol–water partition coefficient (Wildman–Crippen LogP) is 1.29. The number of ether oxygens (including phenoxy) is 1. The first kappa shape index (κ1) is 9.00. The Morgan fingerprint density at radius 3 is 2.91 bits per heavy atom. The molecule has 62 valence electrons. The van der Waals surface area contributed by atoms with Crippen LogP contribution in [0.4, 0.5) is 0 Å². The zero-order chi connectivity index (χ0) is 8.27. The van der Waals surface area contributed by atoms with Crippen molar-refractivity contribution >= 4 is 31.2 Å². The van der Waals surface area contributed by atoms with Crippen LogP contribution in [0.1, 0.15) is 6.42 Å². The zero-order valence-corrected chi connectivity index (χ0v) is 7.72. The Morgan fingerprint density at radius 2 is 2.45 bits per heavy atom. The molecule has 0 saturated carbocycles. The first-order valence-corrected chi connectivity index (χ1v) is 4.55. The van der Waals surface area contributed by atoms with Gasteiger partial charge in [0, 0.05) is 12.2 Å². The summed E-state index contributed by atoms with van der Waals surface area (Å²) in [6.45, 7) is 0. The van der Waals surface area contributed by atoms with Gasteiger partial charge < -0.3 is 4.74 Å². The van der Waals surface area contributed by atoms with E-state index in [0.29, 0.717) is 5.75 Å². The molecule has 0 aromatic heterocycles. The molecule has 0 aromatic rings. The number of thiol groups is 2. The summed E-state index contributed by atoms with van der Waals surface area (Å²) in [6, 6.07) is 0. The molecule has 1 heterocycles. The van der Waals surface area contributed by atoms with Crippen molar-refractivity contribution in [3.63, 3.8) is 0 Å². The smallest absolute Gasteiger partial charge is 0.310 e. The van der Waals surface area contributed by atoms with Crippen molar-refractivity contribution in [3.8, 4) is 0 Å². The van der Waals surface area contributed by atoms with Crippen molar-refractivity contribution in [2.75, 3.05) is 5.75 Å². The molecule has 1 rings (SSSR count). The molecule has 0 spiro atoms. The van der Waals surface area contributed by atoms with Crippen molar-refractivity contribution in [2.45, 2.75) is 12.5 Å². The highest BCUT2D eigenvalue weighted by Crippen LogP contribution is 2.22. The maximum absolute atomic E-state index is 11.0. The Labute approximate surface area is 76.8 Å². The molecule has 0 bridgehead atoms. The SMILES string of the molecule is O=C1OC(/C=C/S)CC1CS. The summed E-state index contributed by atoms with van der Waals surface area (Å²) in [5.41, 5.74) is 0. The number of hydrogen-bond donors (Lipinski definition) is 2. The molecule has 1 fully saturated rings. The van der Waals surface area contributed by atoms with E-state index in [1.54, 1.807) is 11.5 Å². The number of carbonyl (C=O) groups is 1. The van der Waals surface area contributed by atoms with E-state index in [4.69, 9.17) is 4.74 Å². The van der Waals surface area contributed by atoms with Crippen LogP contribution < -0.4 is 0 Å². The number of cyclic esters (lactones) is 1. The average molecular weight is 190 g/mol. The summed E-state index contributed by atoms with van der Waals surface area (Å²) in [7, 11) is 0. The Bertz CT molecular complexity index is 179. The molecule has 0 amide bonds. The summed E-state index contributed by atoms with van der Waals surface area (Å²) in [6.07, 6.45) is 2.42. The Hall–Kier alpha value is -0.0900. The van der Waals surface area contributed by atoms with E-state index in [2.05, 4.69) is 25.3 Å². The van der Waals surface area contributed by atoms with Gasteiger partial charge in [-0.2, -0.15) is 25.3 Å². The summed E-state index contributed by atoms with van der Waals surface area (Å²) in [5, 5.41) is 1.60. The second kappa shape index (κ2) is 4.07. The molecule has 1 saturated heterocycles. The molecule has 2 nitrogen and oxygen atoms in total. The van der Waals surface area contributed by atoms with Crippen LogP contribution in [0.3, 0.4) is 0 Å². The third-order valence-electron chi connectivity index (χ3n) is 1.64. The van der Waals surface area contributed by atoms with Crippen molar-refractivity contribution < 1.29 is 9.53 Å². The van der Waals surface area contributed by atoms with Crippen molar-refractivity contribution in [2.24, 2.45) is 5.92 Å². The maximum Gasteiger partial charge on any atom is 0.310 e. The van der Waals surface area contributed by atoms with Gasteiger partial charge in [-0.15, -0.1) is 0 Å². The molecule has 0 radical (unpaired) electrons. The zero-order valence-electron chi connectivity index (χ0n) is 5.93. The highest BCUT2D eigenvalue weighted by molar-refractivity contribution is 7.83. The van der Waals surface area contributed by atoms with E-state index >= 15 is 0 Å². The minimum Gasteiger partial charge on any atom is -0.458 e. The van der Waals surface area contributed by atoms with Gasteiger partial charge in [0.1, 0.15) is 6.10 Å². The van der Waals surface area contributed by atoms with Crippen LogP contribution >= 0.6 is 25.3 Å². The summed E-state index contributed by atoms with van der Waals surface area (Å²) in [5.74, 6) is 0.389. The van der Waals surface area contributed by atoms with Crippen LogP contribution in [0.2, 0.25) is 0 Å². The van der Waals surface area contributed by atoms with E-state index in [-0.39, 0.29) is 18.0 Å². The van der Waals surface area contributed by atoms with E-state index in [0.717, 1.165) is 6.42 Å². The summed E-state index contributed by atoms with van der Waals surface area (Å²) in [4.78, 5) is 11.0. The van der Waals surface area contributed by atoms with Gasteiger partial charge in [-0.3, -0.25) is 4.79 Å². The Morgan fingerprint density at radius 1 is 1.73 bits per heavy atom. The highest BCUT2D eigenvalue weighted by atomic mass is 32.1. The highest BCUT2D eigenvalue weighted by Gasteiger charge is 2.31. The van der Waals surface area contributed by atoms with Crippen molar-refractivity contribution in [1.29, 1.82) is 0 Å². The van der Waals surface area contributed by atoms with Crippen molar-refractivity contribution in [1.82, 2.24) is 0 Å². The molecule has 4 heteroatoms. The van der Waals surface area contributed by atoms with Crippen LogP contribution in [-0.4, -0.2) is 17.8 Å². The quantitative estimate of drug-likeness (QED) is 0.507. The number of hydrogen-bond acceptors (Lipinski definition) is 4. The van der Waals surface area contributed by atoms with Gasteiger partial charge in [0.2, 0.25) is 0 Å². The second-order valence-electron chi connectivity index (χ2n) is 2.43. The second-order valence-corrected chi connectivity index (χ2v) is 3.10. The third-order valence-corrected chi connectivity index (χ3v) is 2.25. The fourth-order valence-electron chi connectivity index (χ4n) is 1.03. The monoisotopic (exact) mass is 190 g/mol. The van der Waals surface area contributed by atoms with Gasteiger partial charge >= 0.3 is 5.97 Å². The molecule has 0 aliphatic carbocycles. The lowest BCUT2D eigenvalue weighted by Crippen LogP contribution is -2.08. The Kier molecular flexibility index (Phi) is 3.33. The van der Waals surface area contributed by atoms with E-state index < -0.39 is 0 Å². The fourth-order valence-corrected chi connectivity index (χ4v) is 1.52. The predicted molar refractivity (Wildman–Crippen MR) is 50.0 cm³/mol. The minimum atomic E-state index is -0.142. The lowest BCUT2D eigenvalue weighted by molar-refractivity contribution is -0.142. The maximum atomic E-state index is 11.0. The van der Waals surface area contributed by atoms with Gasteiger partial charge in [0.05, 0.1) is 5.92 Å². The topological polar surface area (TPSA) is 26.3 Å². The molecule has 1 aliphatic rings. The van der Waals surface area contributed by atoms with E-state index in [1.165, 1.54) is 0 Å². The largest absolute Gasteiger partial charge is 0.458 e. The van der Waals surface area contributed by atoms with Gasteiger partial charge in [-0.05, 0) is 11.5 Å². The Balaban J connectivity index is 2.49. The standard InChI is InChI=1S/C7H10O2S2/c8-7-5(4-11)3-6(9-7)1-2-10/h1-2,5-6,10-11H,3-4H2/b2-1+. The van der Waals surface area contributed by atoms with Crippen molar-refractivity contribution in [3.05, 3.63) is 11.5 Å². The van der Waals surface area contributed by atoms with Crippen LogP contribution in [0, 0.1) is 5.92 Å². The average Bonchev–Trinajstić information content (AvgIpc) is 2.32. The number of carbonyl (C=O) groups excluding carboxylic acids is 1. The van der Waals surface area contributed by atoms with Crippen LogP contribution in [-0.2, 0) is 9.53 Å². The van der Waals surface area contributed by atoms with Gasteiger partial charge in [0.25, 0.3) is 0 Å². The molecular weight excluding hydrogens is 180 g/mol. The molecule has 1 aliphatic heterocycles. The van der Waals surface area contributed by atoms with E-state index in [1.807, 2.05) is 0 Å². The van der Waals surface area contributed by atoms with Crippen LogP contribution in [0.25, 0.3) is 0 Å². The first-order valence-electron chi connectivity index (χ1n) is 3.40. The molecule has 0 N–H and O–H groups in total. The molecular formula is C7H10O2S2. The minimum absolute atomic E-state index is 0.0344. The van der Waals surface area contributed by atoms with Crippen LogP contribution in [0.15, 0.2) is 11.5 Å². The lowest BCUT2D eigenvalue weighted by atomic mass is 10.1. The number of rotatable bonds is 2. The summed E-state index contributed by atoms with van der Waals surface area (Å²) >= 11 is 7.93.